The van der Waals surface area contributed by atoms with Crippen molar-refractivity contribution in [3.63, 3.8) is 0 Å². The van der Waals surface area contributed by atoms with Crippen LogP contribution in [-0.2, 0) is 32.4 Å². The molecule has 1 aliphatic rings. The topological polar surface area (TPSA) is 84.6 Å². The Bertz CT molecular complexity index is 1020. The predicted octanol–water partition coefficient (Wildman–Crippen LogP) is 2.34. The Morgan fingerprint density at radius 3 is 2.70 bits per heavy atom. The van der Waals surface area contributed by atoms with Crippen LogP contribution in [0.3, 0.4) is 0 Å². The first-order valence-corrected chi connectivity index (χ1v) is 10.7. The standard InChI is InChI=1S/C19H24N4O3S/c1-13-6-5-7-16(10-13)14(2)19(25)21-27(4,26)18-11-20-23-9-8-22(15(3)24)12-17(18)23/h5-7,10-11,14H,8-9,12H2,1-4H3. The van der Waals surface area contributed by atoms with E-state index in [-0.39, 0.29) is 5.91 Å². The third-order valence-electron chi connectivity index (χ3n) is 4.86. The number of amides is 2. The van der Waals surface area contributed by atoms with Crippen LogP contribution in [0.2, 0.25) is 0 Å². The van der Waals surface area contributed by atoms with Gasteiger partial charge in [0.15, 0.2) is 0 Å². The van der Waals surface area contributed by atoms with Crippen LogP contribution in [0.5, 0.6) is 0 Å². The molecular weight excluding hydrogens is 364 g/mol. The van der Waals surface area contributed by atoms with Crippen LogP contribution in [0, 0.1) is 6.92 Å². The second kappa shape index (κ2) is 7.26. The van der Waals surface area contributed by atoms with Crippen molar-refractivity contribution in [3.8, 4) is 0 Å². The van der Waals surface area contributed by atoms with E-state index in [1.54, 1.807) is 16.5 Å². The van der Waals surface area contributed by atoms with E-state index < -0.39 is 21.6 Å². The minimum atomic E-state index is -2.97. The lowest BCUT2D eigenvalue weighted by Gasteiger charge is -2.27. The fourth-order valence-corrected chi connectivity index (χ4v) is 4.64. The van der Waals surface area contributed by atoms with Crippen LogP contribution in [0.15, 0.2) is 39.7 Å². The fourth-order valence-electron chi connectivity index (χ4n) is 3.19. The Labute approximate surface area is 159 Å². The molecule has 0 saturated carbocycles. The average Bonchev–Trinajstić information content (AvgIpc) is 3.04. The number of hydrogen-bond donors (Lipinski definition) is 0. The molecule has 2 amide bonds. The molecule has 0 bridgehead atoms. The maximum Gasteiger partial charge on any atom is 0.261 e. The van der Waals surface area contributed by atoms with Gasteiger partial charge in [0.25, 0.3) is 5.91 Å². The van der Waals surface area contributed by atoms with Crippen LogP contribution >= 0.6 is 0 Å². The summed E-state index contributed by atoms with van der Waals surface area (Å²) >= 11 is 0. The molecule has 7 nitrogen and oxygen atoms in total. The number of aryl methyl sites for hydroxylation is 1. The van der Waals surface area contributed by atoms with Gasteiger partial charge in [0.1, 0.15) is 0 Å². The fraction of sp³-hybridized carbons (Fsp3) is 0.421. The largest absolute Gasteiger partial charge is 0.335 e. The molecule has 144 valence electrons. The number of fused-ring (bicyclic) bond motifs is 1. The van der Waals surface area contributed by atoms with Crippen molar-refractivity contribution in [2.24, 2.45) is 4.36 Å². The molecule has 27 heavy (non-hydrogen) atoms. The summed E-state index contributed by atoms with van der Waals surface area (Å²) in [5.74, 6) is -0.949. The Balaban J connectivity index is 1.93. The summed E-state index contributed by atoms with van der Waals surface area (Å²) in [6.07, 6.45) is 2.97. The second-order valence-electron chi connectivity index (χ2n) is 6.99. The van der Waals surface area contributed by atoms with Crippen molar-refractivity contribution in [2.75, 3.05) is 12.8 Å². The summed E-state index contributed by atoms with van der Waals surface area (Å²) in [7, 11) is -2.97. The van der Waals surface area contributed by atoms with Gasteiger partial charge in [-0.05, 0) is 19.4 Å². The number of carbonyl (C=O) groups excluding carboxylic acids is 2. The quantitative estimate of drug-likeness (QED) is 0.808. The van der Waals surface area contributed by atoms with Crippen LogP contribution in [-0.4, -0.2) is 43.5 Å². The first kappa shape index (κ1) is 19.3. The van der Waals surface area contributed by atoms with E-state index in [1.807, 2.05) is 31.2 Å². The third kappa shape index (κ3) is 3.95. The molecule has 2 heterocycles. The summed E-state index contributed by atoms with van der Waals surface area (Å²) in [6, 6.07) is 7.65. The summed E-state index contributed by atoms with van der Waals surface area (Å²) in [5.41, 5.74) is 2.59. The Kier molecular flexibility index (Phi) is 5.19. The zero-order chi connectivity index (χ0) is 19.8. The van der Waals surface area contributed by atoms with Crippen molar-refractivity contribution in [1.82, 2.24) is 14.7 Å². The molecule has 0 spiro atoms. The van der Waals surface area contributed by atoms with Gasteiger partial charge in [-0.3, -0.25) is 14.3 Å². The predicted molar refractivity (Wildman–Crippen MR) is 103 cm³/mol. The highest BCUT2D eigenvalue weighted by Crippen LogP contribution is 2.24. The molecule has 2 atom stereocenters. The van der Waals surface area contributed by atoms with E-state index >= 15 is 0 Å². The zero-order valence-corrected chi connectivity index (χ0v) is 16.8. The molecule has 0 fully saturated rings. The lowest BCUT2D eigenvalue weighted by molar-refractivity contribution is -0.130. The van der Waals surface area contributed by atoms with Gasteiger partial charge in [-0.15, -0.1) is 0 Å². The molecule has 0 radical (unpaired) electrons. The SMILES string of the molecule is CC(=O)N1CCn2ncc(S(C)(=O)=NC(=O)C(C)c3cccc(C)c3)c2C1. The highest BCUT2D eigenvalue weighted by molar-refractivity contribution is 7.93. The molecule has 0 saturated heterocycles. The maximum atomic E-state index is 13.3. The number of aromatic nitrogens is 2. The number of rotatable bonds is 3. The molecule has 2 aromatic rings. The van der Waals surface area contributed by atoms with Crippen molar-refractivity contribution < 1.29 is 13.8 Å². The number of hydrogen-bond acceptors (Lipinski definition) is 4. The van der Waals surface area contributed by atoms with Crippen LogP contribution < -0.4 is 0 Å². The summed E-state index contributed by atoms with van der Waals surface area (Å²) in [5, 5.41) is 4.27. The van der Waals surface area contributed by atoms with E-state index in [2.05, 4.69) is 9.46 Å². The van der Waals surface area contributed by atoms with Crippen molar-refractivity contribution in [1.29, 1.82) is 0 Å². The van der Waals surface area contributed by atoms with E-state index in [9.17, 15) is 13.8 Å². The van der Waals surface area contributed by atoms with E-state index in [1.165, 1.54) is 19.4 Å². The Morgan fingerprint density at radius 2 is 2.04 bits per heavy atom. The molecular formula is C19H24N4O3S. The van der Waals surface area contributed by atoms with Crippen molar-refractivity contribution in [3.05, 3.63) is 47.3 Å². The smallest absolute Gasteiger partial charge is 0.261 e. The molecule has 1 aromatic carbocycles. The summed E-state index contributed by atoms with van der Waals surface area (Å²) < 4.78 is 19.1. The molecule has 1 aliphatic heterocycles. The highest BCUT2D eigenvalue weighted by Gasteiger charge is 2.26. The first-order chi connectivity index (χ1) is 12.7. The van der Waals surface area contributed by atoms with Gasteiger partial charge in [-0.2, -0.15) is 9.46 Å². The monoisotopic (exact) mass is 388 g/mol. The lowest BCUT2D eigenvalue weighted by Crippen LogP contribution is -2.37. The molecule has 3 rings (SSSR count). The van der Waals surface area contributed by atoms with Crippen LogP contribution in [0.1, 0.15) is 36.6 Å². The number of benzene rings is 1. The molecule has 2 unspecified atom stereocenters. The van der Waals surface area contributed by atoms with Crippen LogP contribution in [0.4, 0.5) is 0 Å². The molecule has 1 aromatic heterocycles. The van der Waals surface area contributed by atoms with Gasteiger partial charge in [0.2, 0.25) is 5.91 Å². The third-order valence-corrected chi connectivity index (χ3v) is 6.55. The summed E-state index contributed by atoms with van der Waals surface area (Å²) in [4.78, 5) is 26.5. The minimum absolute atomic E-state index is 0.0444. The first-order valence-electron chi connectivity index (χ1n) is 8.82. The average molecular weight is 388 g/mol. The van der Waals surface area contributed by atoms with Gasteiger partial charge in [0, 0.05) is 19.7 Å². The molecule has 0 aliphatic carbocycles. The molecule has 8 heteroatoms. The summed E-state index contributed by atoms with van der Waals surface area (Å²) in [6.45, 7) is 6.66. The number of nitrogens with zero attached hydrogens (tertiary/aromatic N) is 4. The van der Waals surface area contributed by atoms with Crippen LogP contribution in [0.25, 0.3) is 0 Å². The van der Waals surface area contributed by atoms with E-state index in [0.29, 0.717) is 30.2 Å². The Hall–Kier alpha value is -2.48. The van der Waals surface area contributed by atoms with Gasteiger partial charge in [-0.25, -0.2) is 4.21 Å². The van der Waals surface area contributed by atoms with Gasteiger partial charge in [0.05, 0.1) is 45.5 Å². The number of carbonyl (C=O) groups is 2. The van der Waals surface area contributed by atoms with Crippen molar-refractivity contribution in [2.45, 2.75) is 44.7 Å². The second-order valence-corrected chi connectivity index (χ2v) is 9.21. The highest BCUT2D eigenvalue weighted by atomic mass is 32.2. The van der Waals surface area contributed by atoms with E-state index in [0.717, 1.165) is 11.1 Å². The normalized spacial score (nSPS) is 17.0. The Morgan fingerprint density at radius 1 is 1.30 bits per heavy atom. The molecule has 0 N–H and O–H groups in total. The van der Waals surface area contributed by atoms with E-state index in [4.69, 9.17) is 0 Å². The lowest BCUT2D eigenvalue weighted by atomic mass is 9.99. The maximum absolute atomic E-state index is 13.3. The minimum Gasteiger partial charge on any atom is -0.335 e. The zero-order valence-electron chi connectivity index (χ0n) is 16.0. The van der Waals surface area contributed by atoms with Gasteiger partial charge in [-0.1, -0.05) is 29.8 Å². The van der Waals surface area contributed by atoms with Gasteiger partial charge >= 0.3 is 0 Å². The van der Waals surface area contributed by atoms with Gasteiger partial charge < -0.3 is 4.90 Å². The van der Waals surface area contributed by atoms with Crippen molar-refractivity contribution >= 4 is 21.5 Å².